The summed E-state index contributed by atoms with van der Waals surface area (Å²) in [5.41, 5.74) is 1.61. The zero-order valence-corrected chi connectivity index (χ0v) is 9.05. The van der Waals surface area contributed by atoms with Crippen molar-refractivity contribution in [2.45, 2.75) is 51.9 Å². The van der Waals surface area contributed by atoms with Crippen molar-refractivity contribution in [3.05, 3.63) is 11.6 Å². The number of esters is 1. The predicted molar refractivity (Wildman–Crippen MR) is 57.0 cm³/mol. The Hall–Kier alpha value is -0.790. The molecule has 0 aromatic carbocycles. The number of carbonyl (C=O) groups is 1. The Bertz CT molecular complexity index is 206. The average Bonchev–Trinajstić information content (AvgIpc) is 2.18. The van der Waals surface area contributed by atoms with Crippen molar-refractivity contribution in [1.82, 2.24) is 0 Å². The van der Waals surface area contributed by atoms with Gasteiger partial charge in [0.25, 0.3) is 0 Å². The van der Waals surface area contributed by atoms with Crippen LogP contribution in [-0.2, 0) is 9.53 Å². The summed E-state index contributed by atoms with van der Waals surface area (Å²) in [6.07, 6.45) is 11.0. The van der Waals surface area contributed by atoms with Gasteiger partial charge in [-0.05, 0) is 44.9 Å². The van der Waals surface area contributed by atoms with E-state index in [1.807, 2.05) is 0 Å². The van der Waals surface area contributed by atoms with Crippen LogP contribution in [0, 0.1) is 0 Å². The molecular weight excluding hydrogens is 176 g/mol. The summed E-state index contributed by atoms with van der Waals surface area (Å²) in [6.45, 7) is 2.05. The third kappa shape index (κ3) is 5.05. The molecule has 0 saturated heterocycles. The topological polar surface area (TPSA) is 26.3 Å². The van der Waals surface area contributed by atoms with Gasteiger partial charge in [0.05, 0.1) is 6.61 Å². The molecule has 1 aliphatic rings. The van der Waals surface area contributed by atoms with Crippen LogP contribution in [0.3, 0.4) is 0 Å². The Kier molecular flexibility index (Phi) is 5.35. The molecule has 80 valence electrons. The SMILES string of the molecule is CC(=O)OCCCCC1=CCCCC1. The number of hydrogen-bond acceptors (Lipinski definition) is 2. The molecule has 2 nitrogen and oxygen atoms in total. The molecule has 0 aliphatic heterocycles. The van der Waals surface area contributed by atoms with Gasteiger partial charge in [0.15, 0.2) is 0 Å². The van der Waals surface area contributed by atoms with Crippen LogP contribution in [-0.4, -0.2) is 12.6 Å². The molecule has 0 unspecified atom stereocenters. The molecular formula is C12H20O2. The number of unbranched alkanes of at least 4 members (excludes halogenated alkanes) is 1. The van der Waals surface area contributed by atoms with Crippen molar-refractivity contribution in [2.75, 3.05) is 6.61 Å². The number of ether oxygens (including phenoxy) is 1. The summed E-state index contributed by atoms with van der Waals surface area (Å²) >= 11 is 0. The van der Waals surface area contributed by atoms with Gasteiger partial charge in [0, 0.05) is 6.92 Å². The number of rotatable bonds is 5. The second-order valence-electron chi connectivity index (χ2n) is 3.91. The van der Waals surface area contributed by atoms with Crippen LogP contribution in [0.25, 0.3) is 0 Å². The van der Waals surface area contributed by atoms with E-state index in [-0.39, 0.29) is 5.97 Å². The number of allylic oxidation sites excluding steroid dienone is 2. The Morgan fingerprint density at radius 1 is 1.43 bits per heavy atom. The summed E-state index contributed by atoms with van der Waals surface area (Å²) in [4.78, 5) is 10.5. The zero-order chi connectivity index (χ0) is 10.2. The summed E-state index contributed by atoms with van der Waals surface area (Å²) in [5.74, 6) is -0.165. The minimum Gasteiger partial charge on any atom is -0.466 e. The van der Waals surface area contributed by atoms with E-state index in [1.54, 1.807) is 5.57 Å². The van der Waals surface area contributed by atoms with Gasteiger partial charge in [0.1, 0.15) is 0 Å². The lowest BCUT2D eigenvalue weighted by molar-refractivity contribution is -0.141. The number of carbonyl (C=O) groups excluding carboxylic acids is 1. The van der Waals surface area contributed by atoms with E-state index in [4.69, 9.17) is 4.74 Å². The smallest absolute Gasteiger partial charge is 0.302 e. The molecule has 0 radical (unpaired) electrons. The van der Waals surface area contributed by atoms with Gasteiger partial charge in [0.2, 0.25) is 0 Å². The third-order valence-corrected chi connectivity index (χ3v) is 2.58. The van der Waals surface area contributed by atoms with E-state index in [1.165, 1.54) is 39.0 Å². The highest BCUT2D eigenvalue weighted by atomic mass is 16.5. The molecule has 14 heavy (non-hydrogen) atoms. The first-order valence-electron chi connectivity index (χ1n) is 5.60. The predicted octanol–water partition coefficient (Wildman–Crippen LogP) is 3.22. The molecule has 0 fully saturated rings. The van der Waals surface area contributed by atoms with E-state index in [0.717, 1.165) is 12.8 Å². The van der Waals surface area contributed by atoms with Crippen LogP contribution in [0.4, 0.5) is 0 Å². The Morgan fingerprint density at radius 2 is 2.29 bits per heavy atom. The second kappa shape index (κ2) is 6.63. The van der Waals surface area contributed by atoms with Crippen molar-refractivity contribution in [3.8, 4) is 0 Å². The molecule has 0 saturated carbocycles. The van der Waals surface area contributed by atoms with Gasteiger partial charge < -0.3 is 4.74 Å². The van der Waals surface area contributed by atoms with Crippen LogP contribution in [0.2, 0.25) is 0 Å². The standard InChI is InChI=1S/C12H20O2/c1-11(13)14-10-6-5-9-12-7-3-2-4-8-12/h7H,2-6,8-10H2,1H3. The van der Waals surface area contributed by atoms with Crippen molar-refractivity contribution in [1.29, 1.82) is 0 Å². The highest BCUT2D eigenvalue weighted by Gasteiger charge is 2.03. The Morgan fingerprint density at radius 3 is 2.93 bits per heavy atom. The van der Waals surface area contributed by atoms with Gasteiger partial charge in [-0.1, -0.05) is 11.6 Å². The monoisotopic (exact) mass is 196 g/mol. The van der Waals surface area contributed by atoms with E-state index in [2.05, 4.69) is 6.08 Å². The molecule has 0 aromatic rings. The van der Waals surface area contributed by atoms with E-state index in [9.17, 15) is 4.79 Å². The molecule has 2 heteroatoms. The lowest BCUT2D eigenvalue weighted by Gasteiger charge is -2.12. The van der Waals surface area contributed by atoms with E-state index < -0.39 is 0 Å². The summed E-state index contributed by atoms with van der Waals surface area (Å²) < 4.78 is 4.87. The average molecular weight is 196 g/mol. The Labute approximate surface area is 86.3 Å². The highest BCUT2D eigenvalue weighted by molar-refractivity contribution is 5.65. The summed E-state index contributed by atoms with van der Waals surface area (Å²) in [7, 11) is 0. The maximum absolute atomic E-state index is 10.5. The fraction of sp³-hybridized carbons (Fsp3) is 0.750. The maximum atomic E-state index is 10.5. The molecule has 0 amide bonds. The van der Waals surface area contributed by atoms with Crippen LogP contribution in [0.5, 0.6) is 0 Å². The summed E-state index contributed by atoms with van der Waals surface area (Å²) in [5, 5.41) is 0. The summed E-state index contributed by atoms with van der Waals surface area (Å²) in [6, 6.07) is 0. The van der Waals surface area contributed by atoms with Crippen LogP contribution >= 0.6 is 0 Å². The fourth-order valence-corrected chi connectivity index (χ4v) is 1.80. The quantitative estimate of drug-likeness (QED) is 0.383. The van der Waals surface area contributed by atoms with Crippen LogP contribution in [0.1, 0.15) is 51.9 Å². The van der Waals surface area contributed by atoms with Gasteiger partial charge in [-0.3, -0.25) is 4.79 Å². The molecule has 0 atom stereocenters. The molecule has 1 rings (SSSR count). The highest BCUT2D eigenvalue weighted by Crippen LogP contribution is 2.21. The first-order valence-corrected chi connectivity index (χ1v) is 5.60. The zero-order valence-electron chi connectivity index (χ0n) is 9.05. The van der Waals surface area contributed by atoms with Crippen molar-refractivity contribution in [2.24, 2.45) is 0 Å². The van der Waals surface area contributed by atoms with Gasteiger partial charge >= 0.3 is 5.97 Å². The van der Waals surface area contributed by atoms with Crippen LogP contribution < -0.4 is 0 Å². The Balaban J connectivity index is 1.98. The molecule has 0 heterocycles. The van der Waals surface area contributed by atoms with Crippen molar-refractivity contribution in [3.63, 3.8) is 0 Å². The second-order valence-corrected chi connectivity index (χ2v) is 3.91. The van der Waals surface area contributed by atoms with E-state index >= 15 is 0 Å². The minimum atomic E-state index is -0.165. The molecule has 0 aromatic heterocycles. The van der Waals surface area contributed by atoms with Crippen molar-refractivity contribution < 1.29 is 9.53 Å². The fourth-order valence-electron chi connectivity index (χ4n) is 1.80. The van der Waals surface area contributed by atoms with E-state index in [0.29, 0.717) is 6.61 Å². The molecule has 0 N–H and O–H groups in total. The largest absolute Gasteiger partial charge is 0.466 e. The maximum Gasteiger partial charge on any atom is 0.302 e. The molecule has 0 bridgehead atoms. The van der Waals surface area contributed by atoms with Crippen molar-refractivity contribution >= 4 is 5.97 Å². The first-order chi connectivity index (χ1) is 6.79. The minimum absolute atomic E-state index is 0.165. The molecule has 0 spiro atoms. The van der Waals surface area contributed by atoms with Gasteiger partial charge in [-0.25, -0.2) is 0 Å². The normalized spacial score (nSPS) is 16.2. The van der Waals surface area contributed by atoms with Crippen LogP contribution in [0.15, 0.2) is 11.6 Å². The lowest BCUT2D eigenvalue weighted by Crippen LogP contribution is -2.00. The third-order valence-electron chi connectivity index (χ3n) is 2.58. The number of hydrogen-bond donors (Lipinski definition) is 0. The first kappa shape index (κ1) is 11.3. The van der Waals surface area contributed by atoms with Gasteiger partial charge in [-0.2, -0.15) is 0 Å². The van der Waals surface area contributed by atoms with Gasteiger partial charge in [-0.15, -0.1) is 0 Å². The molecule has 1 aliphatic carbocycles. The lowest BCUT2D eigenvalue weighted by atomic mass is 9.96.